The molecule has 0 aliphatic heterocycles. The summed E-state index contributed by atoms with van der Waals surface area (Å²) in [5, 5.41) is 17.4. The highest BCUT2D eigenvalue weighted by molar-refractivity contribution is 5.84. The van der Waals surface area contributed by atoms with E-state index in [0.717, 1.165) is 4.90 Å². The molecule has 0 atom stereocenters. The van der Waals surface area contributed by atoms with E-state index < -0.39 is 31.1 Å². The smallest absolute Gasteiger partial charge is 0.323 e. The van der Waals surface area contributed by atoms with Gasteiger partial charge in [-0.05, 0) is 13.8 Å². The van der Waals surface area contributed by atoms with E-state index >= 15 is 0 Å². The molecular formula is C11H20N2O6. The summed E-state index contributed by atoms with van der Waals surface area (Å²) in [7, 11) is 0. The van der Waals surface area contributed by atoms with Gasteiger partial charge in [-0.1, -0.05) is 0 Å². The number of ether oxygens (including phenoxy) is 1. The van der Waals surface area contributed by atoms with Gasteiger partial charge in [-0.15, -0.1) is 0 Å². The molecule has 8 nitrogen and oxygen atoms in total. The Morgan fingerprint density at radius 3 is 1.89 bits per heavy atom. The molecule has 0 rings (SSSR count). The van der Waals surface area contributed by atoms with E-state index in [1.807, 2.05) is 6.92 Å². The summed E-state index contributed by atoms with van der Waals surface area (Å²) in [5.41, 5.74) is 0. The fourth-order valence-corrected chi connectivity index (χ4v) is 1.43. The highest BCUT2D eigenvalue weighted by Crippen LogP contribution is 2.00. The van der Waals surface area contributed by atoms with Gasteiger partial charge in [0, 0.05) is 19.7 Å². The lowest BCUT2D eigenvalue weighted by Gasteiger charge is -2.27. The first-order valence-corrected chi connectivity index (χ1v) is 5.97. The second kappa shape index (κ2) is 9.15. The highest BCUT2D eigenvalue weighted by Gasteiger charge is 2.23. The summed E-state index contributed by atoms with van der Waals surface area (Å²) in [6, 6.07) is -0.619. The number of rotatable bonds is 9. The Morgan fingerprint density at radius 2 is 1.53 bits per heavy atom. The molecule has 0 aromatic rings. The number of hydrogen-bond acceptors (Lipinski definition) is 4. The summed E-state index contributed by atoms with van der Waals surface area (Å²) in [6.07, 6.45) is 0. The molecule has 0 heterocycles. The number of carbonyl (C=O) groups is 3. The van der Waals surface area contributed by atoms with Crippen molar-refractivity contribution in [2.24, 2.45) is 0 Å². The van der Waals surface area contributed by atoms with Gasteiger partial charge in [-0.2, -0.15) is 0 Å². The van der Waals surface area contributed by atoms with Crippen molar-refractivity contribution in [3.05, 3.63) is 0 Å². The molecule has 0 bridgehead atoms. The fourth-order valence-electron chi connectivity index (χ4n) is 1.43. The van der Waals surface area contributed by atoms with Crippen molar-refractivity contribution < 1.29 is 29.3 Å². The first kappa shape index (κ1) is 17.2. The predicted molar refractivity (Wildman–Crippen MR) is 66.0 cm³/mol. The molecule has 0 fully saturated rings. The summed E-state index contributed by atoms with van der Waals surface area (Å²) in [6.45, 7) is 3.74. The standard InChI is InChI=1S/C11H20N2O6/c1-3-12(5-6-19-4-2)11(18)13(7-9(14)15)8-10(16)17/h3-8H2,1-2H3,(H,14,15)(H,16,17). The summed E-state index contributed by atoms with van der Waals surface area (Å²) in [5.74, 6) is -2.51. The molecule has 2 amide bonds. The zero-order chi connectivity index (χ0) is 14.8. The first-order chi connectivity index (χ1) is 8.92. The second-order valence-corrected chi connectivity index (χ2v) is 3.70. The van der Waals surface area contributed by atoms with E-state index in [0.29, 0.717) is 26.3 Å². The summed E-state index contributed by atoms with van der Waals surface area (Å²) < 4.78 is 5.11. The first-order valence-electron chi connectivity index (χ1n) is 5.97. The fraction of sp³-hybridized carbons (Fsp3) is 0.727. The zero-order valence-electron chi connectivity index (χ0n) is 11.2. The Hall–Kier alpha value is -1.83. The molecular weight excluding hydrogens is 256 g/mol. The molecule has 0 spiro atoms. The van der Waals surface area contributed by atoms with E-state index in [1.165, 1.54) is 4.90 Å². The number of urea groups is 1. The van der Waals surface area contributed by atoms with Crippen LogP contribution in [-0.2, 0) is 14.3 Å². The number of aliphatic carboxylic acids is 2. The average Bonchev–Trinajstić information content (AvgIpc) is 2.32. The van der Waals surface area contributed by atoms with E-state index in [1.54, 1.807) is 6.92 Å². The maximum atomic E-state index is 12.0. The normalized spacial score (nSPS) is 10.0. The third-order valence-corrected chi connectivity index (χ3v) is 2.28. The van der Waals surface area contributed by atoms with Crippen LogP contribution in [0.1, 0.15) is 13.8 Å². The minimum atomic E-state index is -1.25. The second-order valence-electron chi connectivity index (χ2n) is 3.70. The van der Waals surface area contributed by atoms with Crippen LogP contribution >= 0.6 is 0 Å². The molecule has 0 radical (unpaired) electrons. The SMILES string of the molecule is CCOCCN(CC)C(=O)N(CC(=O)O)CC(=O)O. The molecule has 8 heteroatoms. The van der Waals surface area contributed by atoms with Crippen LogP contribution < -0.4 is 0 Å². The van der Waals surface area contributed by atoms with Gasteiger partial charge in [-0.3, -0.25) is 9.59 Å². The Morgan fingerprint density at radius 1 is 1.00 bits per heavy atom. The van der Waals surface area contributed by atoms with Crippen molar-refractivity contribution in [1.82, 2.24) is 9.80 Å². The molecule has 2 N–H and O–H groups in total. The van der Waals surface area contributed by atoms with E-state index in [2.05, 4.69) is 0 Å². The lowest BCUT2D eigenvalue weighted by molar-refractivity contribution is -0.140. The Bertz CT molecular complexity index is 304. The third kappa shape index (κ3) is 7.24. The van der Waals surface area contributed by atoms with Crippen molar-refractivity contribution in [3.8, 4) is 0 Å². The lowest BCUT2D eigenvalue weighted by atomic mass is 10.4. The maximum Gasteiger partial charge on any atom is 0.323 e. The highest BCUT2D eigenvalue weighted by atomic mass is 16.5. The molecule has 0 saturated carbocycles. The van der Waals surface area contributed by atoms with Gasteiger partial charge in [-0.25, -0.2) is 4.79 Å². The van der Waals surface area contributed by atoms with Crippen LogP contribution in [0.2, 0.25) is 0 Å². The van der Waals surface area contributed by atoms with Crippen molar-refractivity contribution in [1.29, 1.82) is 0 Å². The molecule has 0 aliphatic carbocycles. The number of amides is 2. The van der Waals surface area contributed by atoms with Gasteiger partial charge in [0.2, 0.25) is 0 Å². The number of carboxylic acids is 2. The molecule has 0 aliphatic rings. The zero-order valence-corrected chi connectivity index (χ0v) is 11.2. The summed E-state index contributed by atoms with van der Waals surface area (Å²) >= 11 is 0. The molecule has 0 saturated heterocycles. The van der Waals surface area contributed by atoms with Gasteiger partial charge in [0.15, 0.2) is 0 Å². The van der Waals surface area contributed by atoms with Crippen LogP contribution in [0.15, 0.2) is 0 Å². The topological polar surface area (TPSA) is 107 Å². The average molecular weight is 276 g/mol. The van der Waals surface area contributed by atoms with Gasteiger partial charge in [0.1, 0.15) is 13.1 Å². The van der Waals surface area contributed by atoms with Crippen LogP contribution in [0.5, 0.6) is 0 Å². The van der Waals surface area contributed by atoms with E-state index in [-0.39, 0.29) is 0 Å². The van der Waals surface area contributed by atoms with Gasteiger partial charge < -0.3 is 24.7 Å². The lowest BCUT2D eigenvalue weighted by Crippen LogP contribution is -2.48. The summed E-state index contributed by atoms with van der Waals surface area (Å²) in [4.78, 5) is 35.4. The quantitative estimate of drug-likeness (QED) is 0.571. The molecule has 0 unspecified atom stereocenters. The van der Waals surface area contributed by atoms with Crippen LogP contribution in [0.3, 0.4) is 0 Å². The monoisotopic (exact) mass is 276 g/mol. The van der Waals surface area contributed by atoms with Crippen LogP contribution in [0.25, 0.3) is 0 Å². The Labute approximate surface area is 111 Å². The van der Waals surface area contributed by atoms with Gasteiger partial charge in [0.25, 0.3) is 0 Å². The number of hydrogen-bond donors (Lipinski definition) is 2. The van der Waals surface area contributed by atoms with Crippen LogP contribution in [0.4, 0.5) is 4.79 Å². The van der Waals surface area contributed by atoms with Crippen LogP contribution in [0, 0.1) is 0 Å². The number of likely N-dealkylation sites (N-methyl/N-ethyl adjacent to an activating group) is 1. The molecule has 110 valence electrons. The van der Waals surface area contributed by atoms with Crippen molar-refractivity contribution in [3.63, 3.8) is 0 Å². The third-order valence-electron chi connectivity index (χ3n) is 2.28. The van der Waals surface area contributed by atoms with Crippen molar-refractivity contribution in [2.45, 2.75) is 13.8 Å². The van der Waals surface area contributed by atoms with Crippen molar-refractivity contribution >= 4 is 18.0 Å². The number of nitrogens with zero attached hydrogens (tertiary/aromatic N) is 2. The minimum Gasteiger partial charge on any atom is -0.480 e. The molecule has 19 heavy (non-hydrogen) atoms. The minimum absolute atomic E-state index is 0.291. The molecule has 0 aromatic heterocycles. The number of carbonyl (C=O) groups excluding carboxylic acids is 1. The van der Waals surface area contributed by atoms with Crippen LogP contribution in [-0.4, -0.2) is 77.4 Å². The molecule has 0 aromatic carbocycles. The van der Waals surface area contributed by atoms with E-state index in [9.17, 15) is 14.4 Å². The van der Waals surface area contributed by atoms with Gasteiger partial charge in [0.05, 0.1) is 6.61 Å². The Balaban J connectivity index is 4.62. The number of carboxylic acid groups (broad SMARTS) is 2. The maximum absolute atomic E-state index is 12.0. The Kier molecular flexibility index (Phi) is 8.27. The van der Waals surface area contributed by atoms with Gasteiger partial charge >= 0.3 is 18.0 Å². The van der Waals surface area contributed by atoms with E-state index in [4.69, 9.17) is 14.9 Å². The van der Waals surface area contributed by atoms with Crippen molar-refractivity contribution in [2.75, 3.05) is 39.4 Å². The largest absolute Gasteiger partial charge is 0.480 e. The predicted octanol–water partition coefficient (Wildman–Crippen LogP) is -0.0640.